The minimum absolute atomic E-state index is 0.127. The second-order valence-corrected chi connectivity index (χ2v) is 6.25. The Morgan fingerprint density at radius 3 is 2.42 bits per heavy atom. The van der Waals surface area contributed by atoms with E-state index in [9.17, 15) is 0 Å². The maximum Gasteiger partial charge on any atom is 0.0671 e. The van der Waals surface area contributed by atoms with Gasteiger partial charge in [0.25, 0.3) is 0 Å². The van der Waals surface area contributed by atoms with Gasteiger partial charge in [-0.05, 0) is 38.0 Å². The Bertz CT molecular complexity index is 405. The lowest BCUT2D eigenvalue weighted by Gasteiger charge is -2.14. The molecule has 1 aliphatic rings. The van der Waals surface area contributed by atoms with Crippen molar-refractivity contribution in [2.24, 2.45) is 5.92 Å². The number of hydrogen-bond acceptors (Lipinski definition) is 1. The molecule has 1 heterocycles. The predicted octanol–water partition coefficient (Wildman–Crippen LogP) is 4.89. The first kappa shape index (κ1) is 14.9. The van der Waals surface area contributed by atoms with Crippen LogP contribution in [0.1, 0.15) is 75.2 Å². The molecule has 2 rings (SSSR count). The van der Waals surface area contributed by atoms with Gasteiger partial charge < -0.3 is 0 Å². The zero-order valence-corrected chi connectivity index (χ0v) is 13.3. The Labute approximate surface area is 122 Å². The summed E-state index contributed by atoms with van der Waals surface area (Å²) < 4.78 is 2.27. The average Bonchev–Trinajstić information content (AvgIpc) is 3.05. The molecule has 1 atom stereocenters. The standard InChI is InChI=1S/C16H27ClN2/c1-4-13(17)16-14(5-2)18-19(15(16)6-3)11-12-9-7-8-10-12/h12-13H,4-11H2,1-3H3. The summed E-state index contributed by atoms with van der Waals surface area (Å²) >= 11 is 6.54. The normalized spacial score (nSPS) is 18.1. The van der Waals surface area contributed by atoms with Crippen LogP contribution in [0, 0.1) is 5.92 Å². The molecule has 0 amide bonds. The Hall–Kier alpha value is -0.500. The van der Waals surface area contributed by atoms with Crippen molar-refractivity contribution in [3.05, 3.63) is 17.0 Å². The molecular formula is C16H27ClN2. The lowest BCUT2D eigenvalue weighted by molar-refractivity contribution is 0.417. The molecule has 0 bridgehead atoms. The van der Waals surface area contributed by atoms with Crippen LogP contribution in [0.5, 0.6) is 0 Å². The third kappa shape index (κ3) is 3.16. The van der Waals surface area contributed by atoms with E-state index in [2.05, 4.69) is 25.5 Å². The third-order valence-corrected chi connectivity index (χ3v) is 4.95. The van der Waals surface area contributed by atoms with Crippen LogP contribution in [0.3, 0.4) is 0 Å². The van der Waals surface area contributed by atoms with Crippen LogP contribution in [0.25, 0.3) is 0 Å². The number of nitrogens with zero attached hydrogens (tertiary/aromatic N) is 2. The van der Waals surface area contributed by atoms with Crippen LogP contribution in [-0.2, 0) is 19.4 Å². The van der Waals surface area contributed by atoms with Gasteiger partial charge >= 0.3 is 0 Å². The zero-order valence-electron chi connectivity index (χ0n) is 12.6. The van der Waals surface area contributed by atoms with Gasteiger partial charge in [-0.25, -0.2) is 0 Å². The summed E-state index contributed by atoms with van der Waals surface area (Å²) in [6, 6.07) is 0. The lowest BCUT2D eigenvalue weighted by atomic mass is 10.0. The summed E-state index contributed by atoms with van der Waals surface area (Å²) in [5.74, 6) is 0.832. The second kappa shape index (κ2) is 6.78. The SMILES string of the molecule is CCc1nn(CC2CCCC2)c(CC)c1C(Cl)CC. The molecule has 1 aliphatic carbocycles. The summed E-state index contributed by atoms with van der Waals surface area (Å²) in [5, 5.41) is 4.99. The molecule has 2 nitrogen and oxygen atoms in total. The molecule has 1 aromatic heterocycles. The topological polar surface area (TPSA) is 17.8 Å². The zero-order chi connectivity index (χ0) is 13.8. The Balaban J connectivity index is 2.29. The average molecular weight is 283 g/mol. The van der Waals surface area contributed by atoms with Crippen molar-refractivity contribution in [3.8, 4) is 0 Å². The Morgan fingerprint density at radius 1 is 1.21 bits per heavy atom. The van der Waals surface area contributed by atoms with Crippen molar-refractivity contribution in [1.82, 2.24) is 9.78 Å². The molecule has 0 N–H and O–H groups in total. The largest absolute Gasteiger partial charge is 0.269 e. The number of aromatic nitrogens is 2. The highest BCUT2D eigenvalue weighted by Gasteiger charge is 2.23. The first-order valence-corrected chi connectivity index (χ1v) is 8.37. The minimum atomic E-state index is 0.127. The van der Waals surface area contributed by atoms with E-state index >= 15 is 0 Å². The van der Waals surface area contributed by atoms with E-state index in [0.29, 0.717) is 0 Å². The molecule has 0 radical (unpaired) electrons. The summed E-state index contributed by atoms with van der Waals surface area (Å²) in [6.45, 7) is 7.67. The smallest absolute Gasteiger partial charge is 0.0671 e. The van der Waals surface area contributed by atoms with Gasteiger partial charge in [0, 0.05) is 17.8 Å². The van der Waals surface area contributed by atoms with Crippen LogP contribution in [0.15, 0.2) is 0 Å². The van der Waals surface area contributed by atoms with Crippen LogP contribution in [0.2, 0.25) is 0 Å². The first-order valence-electron chi connectivity index (χ1n) is 7.93. The maximum absolute atomic E-state index is 6.54. The van der Waals surface area contributed by atoms with Gasteiger partial charge in [0.2, 0.25) is 0 Å². The quantitative estimate of drug-likeness (QED) is 0.680. The summed E-state index contributed by atoms with van der Waals surface area (Å²) in [6.07, 6.45) is 8.55. The first-order chi connectivity index (χ1) is 9.21. The lowest BCUT2D eigenvalue weighted by Crippen LogP contribution is -2.12. The van der Waals surface area contributed by atoms with Gasteiger partial charge in [0.15, 0.2) is 0 Å². The van der Waals surface area contributed by atoms with Crippen molar-refractivity contribution in [2.75, 3.05) is 0 Å². The van der Waals surface area contributed by atoms with E-state index < -0.39 is 0 Å². The summed E-state index contributed by atoms with van der Waals surface area (Å²) in [4.78, 5) is 0. The van der Waals surface area contributed by atoms with Gasteiger partial charge in [-0.15, -0.1) is 11.6 Å². The van der Waals surface area contributed by atoms with Crippen molar-refractivity contribution < 1.29 is 0 Å². The number of rotatable bonds is 6. The molecule has 0 aromatic carbocycles. The summed E-state index contributed by atoms with van der Waals surface area (Å²) in [5.41, 5.74) is 3.93. The highest BCUT2D eigenvalue weighted by molar-refractivity contribution is 6.20. The van der Waals surface area contributed by atoms with Gasteiger partial charge in [0.1, 0.15) is 0 Å². The van der Waals surface area contributed by atoms with Crippen molar-refractivity contribution in [1.29, 1.82) is 0 Å². The van der Waals surface area contributed by atoms with Crippen LogP contribution < -0.4 is 0 Å². The fourth-order valence-electron chi connectivity index (χ4n) is 3.35. The maximum atomic E-state index is 6.54. The Morgan fingerprint density at radius 2 is 1.89 bits per heavy atom. The van der Waals surface area contributed by atoms with E-state index in [1.165, 1.54) is 42.6 Å². The fraction of sp³-hybridized carbons (Fsp3) is 0.812. The fourth-order valence-corrected chi connectivity index (χ4v) is 3.61. The molecule has 0 aliphatic heterocycles. The molecule has 1 saturated carbocycles. The molecule has 0 saturated heterocycles. The number of hydrogen-bond donors (Lipinski definition) is 0. The Kier molecular flexibility index (Phi) is 5.32. The van der Waals surface area contributed by atoms with Crippen LogP contribution in [-0.4, -0.2) is 9.78 Å². The molecule has 1 fully saturated rings. The molecule has 19 heavy (non-hydrogen) atoms. The monoisotopic (exact) mass is 282 g/mol. The van der Waals surface area contributed by atoms with Crippen molar-refractivity contribution in [3.63, 3.8) is 0 Å². The summed E-state index contributed by atoms with van der Waals surface area (Å²) in [7, 11) is 0. The van der Waals surface area contributed by atoms with E-state index in [1.807, 2.05) is 0 Å². The third-order valence-electron chi connectivity index (χ3n) is 4.42. The molecule has 108 valence electrons. The van der Waals surface area contributed by atoms with Gasteiger partial charge in [-0.3, -0.25) is 4.68 Å². The van der Waals surface area contributed by atoms with E-state index in [1.54, 1.807) is 0 Å². The number of halogens is 1. The highest BCUT2D eigenvalue weighted by atomic mass is 35.5. The van der Waals surface area contributed by atoms with E-state index in [4.69, 9.17) is 16.7 Å². The van der Waals surface area contributed by atoms with Gasteiger partial charge in [-0.2, -0.15) is 5.10 Å². The number of alkyl halides is 1. The van der Waals surface area contributed by atoms with Crippen molar-refractivity contribution >= 4 is 11.6 Å². The van der Waals surface area contributed by atoms with Crippen LogP contribution >= 0.6 is 11.6 Å². The van der Waals surface area contributed by atoms with Gasteiger partial charge in [0.05, 0.1) is 11.1 Å². The molecule has 3 heteroatoms. The highest BCUT2D eigenvalue weighted by Crippen LogP contribution is 2.33. The van der Waals surface area contributed by atoms with Crippen LogP contribution in [0.4, 0.5) is 0 Å². The second-order valence-electron chi connectivity index (χ2n) is 5.72. The van der Waals surface area contributed by atoms with E-state index in [-0.39, 0.29) is 5.38 Å². The number of aryl methyl sites for hydroxylation is 1. The van der Waals surface area contributed by atoms with Gasteiger partial charge in [-0.1, -0.05) is 33.6 Å². The van der Waals surface area contributed by atoms with Crippen molar-refractivity contribution in [2.45, 2.75) is 77.6 Å². The predicted molar refractivity (Wildman–Crippen MR) is 81.8 cm³/mol. The van der Waals surface area contributed by atoms with E-state index in [0.717, 1.165) is 31.7 Å². The minimum Gasteiger partial charge on any atom is -0.269 e. The molecule has 0 spiro atoms. The molecule has 1 aromatic rings. The molecular weight excluding hydrogens is 256 g/mol. The molecule has 1 unspecified atom stereocenters.